The Hall–Kier alpha value is -0.600. The van der Waals surface area contributed by atoms with E-state index in [1.165, 1.54) is 18.9 Å². The molecule has 108 valence electrons. The molecule has 0 fully saturated rings. The van der Waals surface area contributed by atoms with Gasteiger partial charge < -0.3 is 5.32 Å². The van der Waals surface area contributed by atoms with Crippen molar-refractivity contribution in [2.75, 3.05) is 13.6 Å². The van der Waals surface area contributed by atoms with Gasteiger partial charge in [0.2, 0.25) is 0 Å². The maximum absolute atomic E-state index is 13.9. The lowest BCUT2D eigenvalue weighted by atomic mass is 9.75. The zero-order valence-electron chi connectivity index (χ0n) is 12.2. The van der Waals surface area contributed by atoms with Gasteiger partial charge in [0, 0.05) is 11.6 Å². The second-order valence-corrected chi connectivity index (χ2v) is 5.84. The zero-order chi connectivity index (χ0) is 14.3. The van der Waals surface area contributed by atoms with Crippen LogP contribution in [-0.2, 0) is 6.42 Å². The Morgan fingerprint density at radius 3 is 2.63 bits per heavy atom. The molecule has 0 radical (unpaired) electrons. The monoisotopic (exact) mass is 285 g/mol. The van der Waals surface area contributed by atoms with Gasteiger partial charge in [-0.25, -0.2) is 4.39 Å². The van der Waals surface area contributed by atoms with Gasteiger partial charge in [0.25, 0.3) is 0 Å². The van der Waals surface area contributed by atoms with E-state index < -0.39 is 0 Å². The summed E-state index contributed by atoms with van der Waals surface area (Å²) < 4.78 is 13.9. The van der Waals surface area contributed by atoms with E-state index in [4.69, 9.17) is 11.6 Å². The van der Waals surface area contributed by atoms with Gasteiger partial charge in [0.1, 0.15) is 5.82 Å². The van der Waals surface area contributed by atoms with Crippen molar-refractivity contribution in [2.24, 2.45) is 5.41 Å². The van der Waals surface area contributed by atoms with Crippen LogP contribution in [0.3, 0.4) is 0 Å². The van der Waals surface area contributed by atoms with Crippen molar-refractivity contribution < 1.29 is 4.39 Å². The van der Waals surface area contributed by atoms with Gasteiger partial charge in [-0.1, -0.05) is 38.3 Å². The second kappa shape index (κ2) is 7.86. The molecule has 1 unspecified atom stereocenters. The minimum absolute atomic E-state index is 0.121. The molecule has 0 aromatic heterocycles. The highest BCUT2D eigenvalue weighted by Crippen LogP contribution is 2.34. The maximum Gasteiger partial charge on any atom is 0.126 e. The minimum Gasteiger partial charge on any atom is -0.319 e. The molecule has 19 heavy (non-hydrogen) atoms. The van der Waals surface area contributed by atoms with E-state index >= 15 is 0 Å². The molecule has 1 aromatic carbocycles. The third-order valence-corrected chi connectivity index (χ3v) is 4.17. The average Bonchev–Trinajstić information content (AvgIpc) is 2.40. The van der Waals surface area contributed by atoms with Crippen LogP contribution in [-0.4, -0.2) is 13.6 Å². The Morgan fingerprint density at radius 1 is 1.32 bits per heavy atom. The summed E-state index contributed by atoms with van der Waals surface area (Å²) in [5.41, 5.74) is 0.858. The molecule has 0 bridgehead atoms. The number of nitrogens with one attached hydrogen (secondary N) is 1. The summed E-state index contributed by atoms with van der Waals surface area (Å²) in [6.07, 6.45) is 5.25. The van der Waals surface area contributed by atoms with Crippen molar-refractivity contribution in [2.45, 2.75) is 46.0 Å². The van der Waals surface area contributed by atoms with E-state index in [1.54, 1.807) is 12.1 Å². The molecule has 0 saturated carbocycles. The minimum atomic E-state index is -0.144. The maximum atomic E-state index is 13.9. The number of hydrogen-bond donors (Lipinski definition) is 1. The van der Waals surface area contributed by atoms with Crippen molar-refractivity contribution in [3.05, 3.63) is 34.6 Å². The highest BCUT2D eigenvalue weighted by molar-refractivity contribution is 6.30. The first-order valence-electron chi connectivity index (χ1n) is 7.15. The molecular formula is C16H25ClFN. The molecule has 1 atom stereocenters. The summed E-state index contributed by atoms with van der Waals surface area (Å²) in [5, 5.41) is 3.88. The van der Waals surface area contributed by atoms with Gasteiger partial charge in [0.15, 0.2) is 0 Å². The lowest BCUT2D eigenvalue weighted by molar-refractivity contribution is 0.232. The first kappa shape index (κ1) is 16.5. The van der Waals surface area contributed by atoms with Crippen molar-refractivity contribution in [1.82, 2.24) is 5.32 Å². The van der Waals surface area contributed by atoms with E-state index in [-0.39, 0.29) is 11.2 Å². The average molecular weight is 286 g/mol. The zero-order valence-corrected chi connectivity index (χ0v) is 13.0. The van der Waals surface area contributed by atoms with Crippen LogP contribution in [0.5, 0.6) is 0 Å². The first-order chi connectivity index (χ1) is 9.06. The van der Waals surface area contributed by atoms with Gasteiger partial charge in [0.05, 0.1) is 0 Å². The van der Waals surface area contributed by atoms with Crippen LogP contribution in [0.1, 0.15) is 45.1 Å². The van der Waals surface area contributed by atoms with Crippen molar-refractivity contribution in [3.63, 3.8) is 0 Å². The van der Waals surface area contributed by atoms with Crippen LogP contribution in [0.4, 0.5) is 4.39 Å². The van der Waals surface area contributed by atoms with E-state index in [9.17, 15) is 4.39 Å². The number of benzene rings is 1. The summed E-state index contributed by atoms with van der Waals surface area (Å²) in [6.45, 7) is 5.30. The Kier molecular flexibility index (Phi) is 6.81. The molecule has 0 spiro atoms. The Labute approximate surface area is 121 Å². The second-order valence-electron chi connectivity index (χ2n) is 5.40. The largest absolute Gasteiger partial charge is 0.319 e. The van der Waals surface area contributed by atoms with Crippen LogP contribution < -0.4 is 5.32 Å². The van der Waals surface area contributed by atoms with Gasteiger partial charge >= 0.3 is 0 Å². The fraction of sp³-hybridized carbons (Fsp3) is 0.625. The van der Waals surface area contributed by atoms with Gasteiger partial charge in [-0.05, 0) is 55.5 Å². The highest BCUT2D eigenvalue weighted by atomic mass is 35.5. The van der Waals surface area contributed by atoms with Crippen molar-refractivity contribution in [1.29, 1.82) is 0 Å². The van der Waals surface area contributed by atoms with E-state index in [0.717, 1.165) is 31.4 Å². The van der Waals surface area contributed by atoms with Crippen LogP contribution in [0.25, 0.3) is 0 Å². The fourth-order valence-corrected chi connectivity index (χ4v) is 2.87. The quantitative estimate of drug-likeness (QED) is 0.721. The molecule has 1 aromatic rings. The fourth-order valence-electron chi connectivity index (χ4n) is 2.68. The summed E-state index contributed by atoms with van der Waals surface area (Å²) in [5.74, 6) is -0.144. The highest BCUT2D eigenvalue weighted by Gasteiger charge is 2.28. The lowest BCUT2D eigenvalue weighted by Gasteiger charge is -2.33. The number of unbranched alkanes of at least 4 members (excludes halogenated alkanes) is 1. The number of rotatable bonds is 8. The summed E-state index contributed by atoms with van der Waals surface area (Å²) in [6, 6.07) is 4.85. The molecule has 1 rings (SSSR count). The molecule has 3 heteroatoms. The Balaban J connectivity index is 2.94. The normalized spacial score (nSPS) is 14.4. The molecule has 0 amide bonds. The van der Waals surface area contributed by atoms with Crippen LogP contribution in [0.15, 0.2) is 18.2 Å². The van der Waals surface area contributed by atoms with Gasteiger partial charge in [-0.3, -0.25) is 0 Å². The smallest absolute Gasteiger partial charge is 0.126 e. The third kappa shape index (κ3) is 4.77. The summed E-state index contributed by atoms with van der Waals surface area (Å²) >= 11 is 5.99. The lowest BCUT2D eigenvalue weighted by Crippen LogP contribution is -2.34. The predicted molar refractivity (Wildman–Crippen MR) is 81.3 cm³/mol. The molecule has 0 aliphatic rings. The summed E-state index contributed by atoms with van der Waals surface area (Å²) in [4.78, 5) is 0. The summed E-state index contributed by atoms with van der Waals surface area (Å²) in [7, 11) is 1.96. The SMILES string of the molecule is CCCCC(CC)(CNC)Cc1cc(Cl)ccc1F. The Morgan fingerprint density at radius 2 is 2.05 bits per heavy atom. The molecular weight excluding hydrogens is 261 g/mol. The van der Waals surface area contributed by atoms with Crippen molar-refractivity contribution in [3.8, 4) is 0 Å². The van der Waals surface area contributed by atoms with Gasteiger partial charge in [-0.15, -0.1) is 0 Å². The predicted octanol–water partition coefficient (Wildman–Crippen LogP) is 4.83. The molecule has 0 aliphatic heterocycles. The van der Waals surface area contributed by atoms with Crippen LogP contribution >= 0.6 is 11.6 Å². The standard InChI is InChI=1S/C16H25ClFN/c1-4-6-9-16(5-2,12-19-3)11-13-10-14(17)7-8-15(13)18/h7-8,10,19H,4-6,9,11-12H2,1-3H3. The van der Waals surface area contributed by atoms with Crippen molar-refractivity contribution >= 4 is 11.6 Å². The van der Waals surface area contributed by atoms with E-state index in [1.807, 2.05) is 7.05 Å². The Bertz CT molecular complexity index is 394. The first-order valence-corrected chi connectivity index (χ1v) is 7.53. The van der Waals surface area contributed by atoms with Gasteiger partial charge in [-0.2, -0.15) is 0 Å². The molecule has 1 nitrogen and oxygen atoms in total. The van der Waals surface area contributed by atoms with Crippen LogP contribution in [0.2, 0.25) is 5.02 Å². The third-order valence-electron chi connectivity index (χ3n) is 3.94. The van der Waals surface area contributed by atoms with E-state index in [2.05, 4.69) is 19.2 Å². The topological polar surface area (TPSA) is 12.0 Å². The van der Waals surface area contributed by atoms with Crippen LogP contribution in [0, 0.1) is 11.2 Å². The number of hydrogen-bond acceptors (Lipinski definition) is 1. The molecule has 0 saturated heterocycles. The number of halogens is 2. The molecule has 0 heterocycles. The van der Waals surface area contributed by atoms with E-state index in [0.29, 0.717) is 5.02 Å². The molecule has 0 aliphatic carbocycles. The molecule has 1 N–H and O–H groups in total.